The lowest BCUT2D eigenvalue weighted by molar-refractivity contribution is 0.302. The molecule has 0 fully saturated rings. The average molecular weight is 189 g/mol. The van der Waals surface area contributed by atoms with Crippen molar-refractivity contribution in [2.75, 3.05) is 5.73 Å². The number of H-pyrrole nitrogens is 1. The van der Waals surface area contributed by atoms with Crippen LogP contribution in [-0.4, -0.2) is 9.97 Å². The highest BCUT2D eigenvalue weighted by molar-refractivity contribution is 5.33. The SMILES string of the molecule is Nc1nc[nH]c1COc1ccccc1. The maximum atomic E-state index is 5.58. The first-order chi connectivity index (χ1) is 6.86. The molecule has 0 unspecified atom stereocenters. The van der Waals surface area contributed by atoms with Gasteiger partial charge in [0.1, 0.15) is 18.2 Å². The summed E-state index contributed by atoms with van der Waals surface area (Å²) in [5.74, 6) is 1.31. The molecule has 0 radical (unpaired) electrons. The Bertz CT molecular complexity index is 397. The summed E-state index contributed by atoms with van der Waals surface area (Å²) in [4.78, 5) is 6.79. The second kappa shape index (κ2) is 3.83. The van der Waals surface area contributed by atoms with Gasteiger partial charge in [-0.15, -0.1) is 0 Å². The molecule has 0 amide bonds. The van der Waals surface area contributed by atoms with E-state index in [2.05, 4.69) is 9.97 Å². The number of nitrogens with two attached hydrogens (primary N) is 1. The quantitative estimate of drug-likeness (QED) is 0.770. The zero-order valence-electron chi connectivity index (χ0n) is 7.60. The maximum absolute atomic E-state index is 5.58. The van der Waals surface area contributed by atoms with Gasteiger partial charge in [-0.05, 0) is 12.1 Å². The van der Waals surface area contributed by atoms with E-state index < -0.39 is 0 Å². The summed E-state index contributed by atoms with van der Waals surface area (Å²) in [6, 6.07) is 9.58. The van der Waals surface area contributed by atoms with Crippen molar-refractivity contribution in [2.24, 2.45) is 0 Å². The van der Waals surface area contributed by atoms with Crippen LogP contribution in [-0.2, 0) is 6.61 Å². The first-order valence-electron chi connectivity index (χ1n) is 4.32. The van der Waals surface area contributed by atoms with Crippen molar-refractivity contribution in [1.29, 1.82) is 0 Å². The van der Waals surface area contributed by atoms with E-state index in [1.165, 1.54) is 0 Å². The summed E-state index contributed by atoms with van der Waals surface area (Å²) < 4.78 is 5.48. The second-order valence-corrected chi connectivity index (χ2v) is 2.87. The molecule has 4 nitrogen and oxygen atoms in total. The van der Waals surface area contributed by atoms with Gasteiger partial charge in [0.25, 0.3) is 0 Å². The van der Waals surface area contributed by atoms with Crippen molar-refractivity contribution in [1.82, 2.24) is 9.97 Å². The number of nitrogens with zero attached hydrogens (tertiary/aromatic N) is 1. The third-order valence-corrected chi connectivity index (χ3v) is 1.88. The molecule has 0 spiro atoms. The lowest BCUT2D eigenvalue weighted by Gasteiger charge is -2.03. The smallest absolute Gasteiger partial charge is 0.148 e. The van der Waals surface area contributed by atoms with Gasteiger partial charge in [-0.1, -0.05) is 18.2 Å². The van der Waals surface area contributed by atoms with Crippen LogP contribution in [0.5, 0.6) is 5.75 Å². The van der Waals surface area contributed by atoms with Crippen molar-refractivity contribution >= 4 is 5.82 Å². The third-order valence-electron chi connectivity index (χ3n) is 1.88. The summed E-state index contributed by atoms with van der Waals surface area (Å²) in [6.07, 6.45) is 1.55. The average Bonchev–Trinajstić information content (AvgIpc) is 2.63. The summed E-state index contributed by atoms with van der Waals surface area (Å²) in [5.41, 5.74) is 6.38. The van der Waals surface area contributed by atoms with E-state index in [1.54, 1.807) is 6.33 Å². The van der Waals surface area contributed by atoms with Gasteiger partial charge in [0.15, 0.2) is 0 Å². The second-order valence-electron chi connectivity index (χ2n) is 2.87. The number of nitrogens with one attached hydrogen (secondary N) is 1. The predicted molar refractivity (Wildman–Crippen MR) is 53.8 cm³/mol. The molecule has 2 rings (SSSR count). The molecule has 2 aromatic rings. The summed E-state index contributed by atoms with van der Waals surface area (Å²) in [5, 5.41) is 0. The van der Waals surface area contributed by atoms with E-state index in [0.29, 0.717) is 12.4 Å². The molecule has 1 heterocycles. The van der Waals surface area contributed by atoms with Crippen LogP contribution in [0.3, 0.4) is 0 Å². The zero-order valence-corrected chi connectivity index (χ0v) is 7.60. The number of benzene rings is 1. The van der Waals surface area contributed by atoms with Crippen molar-refractivity contribution in [3.8, 4) is 5.75 Å². The number of nitrogen functional groups attached to an aromatic ring is 1. The third kappa shape index (κ3) is 1.85. The maximum Gasteiger partial charge on any atom is 0.148 e. The highest BCUT2D eigenvalue weighted by atomic mass is 16.5. The number of para-hydroxylation sites is 1. The van der Waals surface area contributed by atoms with Crippen molar-refractivity contribution in [2.45, 2.75) is 6.61 Å². The van der Waals surface area contributed by atoms with Gasteiger partial charge >= 0.3 is 0 Å². The fourth-order valence-electron chi connectivity index (χ4n) is 1.12. The normalized spacial score (nSPS) is 10.0. The molecular weight excluding hydrogens is 178 g/mol. The molecule has 0 aliphatic carbocycles. The predicted octanol–water partition coefficient (Wildman–Crippen LogP) is 1.57. The summed E-state index contributed by atoms with van der Waals surface area (Å²) >= 11 is 0. The van der Waals surface area contributed by atoms with E-state index in [9.17, 15) is 0 Å². The monoisotopic (exact) mass is 189 g/mol. The molecule has 1 aromatic heterocycles. The fraction of sp³-hybridized carbons (Fsp3) is 0.100. The number of aromatic amines is 1. The lowest BCUT2D eigenvalue weighted by Crippen LogP contribution is -1.99. The molecule has 3 N–H and O–H groups in total. The highest BCUT2D eigenvalue weighted by Gasteiger charge is 2.01. The van der Waals surface area contributed by atoms with Crippen LogP contribution in [0.2, 0.25) is 0 Å². The number of anilines is 1. The molecule has 0 saturated carbocycles. The molecule has 0 aliphatic rings. The lowest BCUT2D eigenvalue weighted by atomic mass is 10.3. The molecule has 1 aromatic carbocycles. The largest absolute Gasteiger partial charge is 0.487 e. The Kier molecular flexibility index (Phi) is 2.36. The van der Waals surface area contributed by atoms with Crippen LogP contribution in [0.4, 0.5) is 5.82 Å². The van der Waals surface area contributed by atoms with Gasteiger partial charge in [0, 0.05) is 0 Å². The Morgan fingerprint density at radius 2 is 2.07 bits per heavy atom. The fourth-order valence-corrected chi connectivity index (χ4v) is 1.12. The highest BCUT2D eigenvalue weighted by Crippen LogP contribution is 2.12. The van der Waals surface area contributed by atoms with Crippen LogP contribution in [0.25, 0.3) is 0 Å². The number of hydrogen-bond donors (Lipinski definition) is 2. The van der Waals surface area contributed by atoms with Crippen LogP contribution >= 0.6 is 0 Å². The van der Waals surface area contributed by atoms with Crippen molar-refractivity contribution in [3.63, 3.8) is 0 Å². The van der Waals surface area contributed by atoms with Gasteiger partial charge < -0.3 is 15.5 Å². The minimum atomic E-state index is 0.413. The molecule has 0 bridgehead atoms. The number of imidazole rings is 1. The van der Waals surface area contributed by atoms with Crippen molar-refractivity contribution < 1.29 is 4.74 Å². The van der Waals surface area contributed by atoms with Crippen LogP contribution in [0, 0.1) is 0 Å². The number of hydrogen-bond acceptors (Lipinski definition) is 3. The van der Waals surface area contributed by atoms with E-state index in [4.69, 9.17) is 10.5 Å². The van der Waals surface area contributed by atoms with E-state index in [0.717, 1.165) is 11.4 Å². The summed E-state index contributed by atoms with van der Waals surface area (Å²) in [7, 11) is 0. The van der Waals surface area contributed by atoms with Gasteiger partial charge in [-0.3, -0.25) is 0 Å². The molecule has 14 heavy (non-hydrogen) atoms. The Labute approximate surface area is 81.7 Å². The van der Waals surface area contributed by atoms with Gasteiger partial charge in [0.2, 0.25) is 0 Å². The number of rotatable bonds is 3. The zero-order chi connectivity index (χ0) is 9.80. The van der Waals surface area contributed by atoms with E-state index in [1.807, 2.05) is 30.3 Å². The topological polar surface area (TPSA) is 63.9 Å². The molecule has 0 atom stereocenters. The summed E-state index contributed by atoms with van der Waals surface area (Å²) in [6.45, 7) is 0.413. The Hall–Kier alpha value is -1.97. The molecule has 0 saturated heterocycles. The van der Waals surface area contributed by atoms with Crippen molar-refractivity contribution in [3.05, 3.63) is 42.4 Å². The van der Waals surface area contributed by atoms with Crippen LogP contribution < -0.4 is 10.5 Å². The molecular formula is C10H11N3O. The van der Waals surface area contributed by atoms with Crippen LogP contribution in [0.1, 0.15) is 5.69 Å². The van der Waals surface area contributed by atoms with Gasteiger partial charge in [-0.25, -0.2) is 4.98 Å². The van der Waals surface area contributed by atoms with E-state index >= 15 is 0 Å². The first-order valence-corrected chi connectivity index (χ1v) is 4.32. The number of aromatic nitrogens is 2. The molecule has 0 aliphatic heterocycles. The Morgan fingerprint density at radius 1 is 1.29 bits per heavy atom. The van der Waals surface area contributed by atoms with E-state index in [-0.39, 0.29) is 0 Å². The minimum absolute atomic E-state index is 0.413. The van der Waals surface area contributed by atoms with Crippen LogP contribution in [0.15, 0.2) is 36.7 Å². The standard InChI is InChI=1S/C10H11N3O/c11-10-9(12-7-13-10)6-14-8-4-2-1-3-5-8/h1-5,7H,6,11H2,(H,12,13). The molecule has 4 heteroatoms. The van der Waals surface area contributed by atoms with Gasteiger partial charge in [-0.2, -0.15) is 0 Å². The first kappa shape index (κ1) is 8.62. The Balaban J connectivity index is 1.99. The molecule has 72 valence electrons. The number of ether oxygens (including phenoxy) is 1. The minimum Gasteiger partial charge on any atom is -0.487 e. The Morgan fingerprint density at radius 3 is 2.71 bits per heavy atom. The van der Waals surface area contributed by atoms with Gasteiger partial charge in [0.05, 0.1) is 12.0 Å².